The zero-order chi connectivity index (χ0) is 11.0. The lowest BCUT2D eigenvalue weighted by molar-refractivity contribution is -0.462. The maximum Gasteiger partial charge on any atom is 0.238 e. The molecule has 0 spiro atoms. The Bertz CT molecular complexity index is 259. The Morgan fingerprint density at radius 1 is 1.71 bits per heavy atom. The largest absolute Gasteiger partial charge is 0.375 e. The van der Waals surface area contributed by atoms with Crippen LogP contribution in [0.5, 0.6) is 0 Å². The van der Waals surface area contributed by atoms with Gasteiger partial charge >= 0.3 is 0 Å². The molecule has 0 aliphatic carbocycles. The number of hydrogen-bond acceptors (Lipinski definition) is 4. The average Bonchev–Trinajstić information content (AvgIpc) is 2.15. The van der Waals surface area contributed by atoms with Crippen molar-refractivity contribution < 1.29 is 4.92 Å². The van der Waals surface area contributed by atoms with Crippen LogP contribution in [0.25, 0.3) is 0 Å². The number of likely N-dealkylation sites (N-methyl/N-ethyl adjacent to an activating group) is 1. The first-order valence-corrected chi connectivity index (χ1v) is 4.28. The number of aliphatic imine (C=N–C) groups is 1. The zero-order valence-electron chi connectivity index (χ0n) is 8.51. The van der Waals surface area contributed by atoms with E-state index in [1.807, 2.05) is 18.9 Å². The highest BCUT2D eigenvalue weighted by atomic mass is 16.6. The molecule has 0 unspecified atom stereocenters. The molecule has 5 heteroatoms. The molecule has 0 radical (unpaired) electrons. The lowest BCUT2D eigenvalue weighted by Crippen LogP contribution is -2.14. The molecule has 0 amide bonds. The first-order valence-electron chi connectivity index (χ1n) is 4.28. The van der Waals surface area contributed by atoms with Gasteiger partial charge in [0, 0.05) is 30.4 Å². The van der Waals surface area contributed by atoms with E-state index in [9.17, 15) is 10.1 Å². The van der Waals surface area contributed by atoms with Crippen molar-refractivity contribution in [3.63, 3.8) is 0 Å². The summed E-state index contributed by atoms with van der Waals surface area (Å²) in [4.78, 5) is 15.2. The van der Waals surface area contributed by atoms with E-state index in [1.54, 1.807) is 6.08 Å². The molecule has 0 fully saturated rings. The van der Waals surface area contributed by atoms with Gasteiger partial charge in [-0.05, 0) is 13.0 Å². The fourth-order valence-electron chi connectivity index (χ4n) is 0.634. The Hall–Kier alpha value is -1.65. The monoisotopic (exact) mass is 197 g/mol. The van der Waals surface area contributed by atoms with Crippen LogP contribution in [0.4, 0.5) is 0 Å². The van der Waals surface area contributed by atoms with Gasteiger partial charge in [-0.2, -0.15) is 0 Å². The fourth-order valence-corrected chi connectivity index (χ4v) is 0.634. The summed E-state index contributed by atoms with van der Waals surface area (Å²) in [6.45, 7) is 6.41. The summed E-state index contributed by atoms with van der Waals surface area (Å²) < 4.78 is 0. The number of nitrogens with zero attached hydrogens (tertiary/aromatic N) is 3. The second-order valence-electron chi connectivity index (χ2n) is 2.67. The first kappa shape index (κ1) is 12.3. The van der Waals surface area contributed by atoms with Crippen LogP contribution in [0, 0.1) is 10.1 Å². The van der Waals surface area contributed by atoms with Crippen LogP contribution < -0.4 is 0 Å². The van der Waals surface area contributed by atoms with Gasteiger partial charge < -0.3 is 4.90 Å². The third kappa shape index (κ3) is 5.93. The third-order valence-corrected chi connectivity index (χ3v) is 1.65. The molecule has 0 N–H and O–H groups in total. The summed E-state index contributed by atoms with van der Waals surface area (Å²) in [6, 6.07) is 0. The van der Waals surface area contributed by atoms with E-state index in [4.69, 9.17) is 0 Å². The fraction of sp³-hybridized carbons (Fsp3) is 0.444. The van der Waals surface area contributed by atoms with Crippen molar-refractivity contribution in [2.45, 2.75) is 6.92 Å². The van der Waals surface area contributed by atoms with E-state index in [0.717, 1.165) is 12.2 Å². The van der Waals surface area contributed by atoms with Gasteiger partial charge in [-0.1, -0.05) is 6.58 Å². The number of allylic oxidation sites excluding steroid dienone is 1. The van der Waals surface area contributed by atoms with Gasteiger partial charge in [0.2, 0.25) is 6.54 Å². The lowest BCUT2D eigenvalue weighted by Gasteiger charge is -2.15. The molecule has 0 aliphatic heterocycles. The minimum Gasteiger partial charge on any atom is -0.375 e. The lowest BCUT2D eigenvalue weighted by atomic mass is 10.4. The van der Waals surface area contributed by atoms with Gasteiger partial charge in [0.1, 0.15) is 0 Å². The number of hydrogen-bond donors (Lipinski definition) is 0. The molecule has 0 saturated heterocycles. The molecule has 0 bridgehead atoms. The van der Waals surface area contributed by atoms with Crippen molar-refractivity contribution in [2.24, 2.45) is 4.99 Å². The zero-order valence-corrected chi connectivity index (χ0v) is 8.51. The van der Waals surface area contributed by atoms with Crippen LogP contribution in [0.2, 0.25) is 0 Å². The molecule has 0 heterocycles. The molecular formula is C9H15N3O2. The SMILES string of the molecule is C=C(/C=C\N=CC[N+](=O)[O-])N(C)CC. The van der Waals surface area contributed by atoms with E-state index in [1.165, 1.54) is 12.4 Å². The van der Waals surface area contributed by atoms with E-state index < -0.39 is 4.92 Å². The predicted octanol–water partition coefficient (Wildman–Crippen LogP) is 1.31. The molecule has 0 atom stereocenters. The quantitative estimate of drug-likeness (QED) is 0.279. The summed E-state index contributed by atoms with van der Waals surface area (Å²) in [5, 5.41) is 9.92. The highest BCUT2D eigenvalue weighted by Gasteiger charge is 1.92. The molecule has 78 valence electrons. The maximum atomic E-state index is 9.92. The van der Waals surface area contributed by atoms with Gasteiger partial charge in [-0.3, -0.25) is 15.1 Å². The third-order valence-electron chi connectivity index (χ3n) is 1.65. The van der Waals surface area contributed by atoms with Crippen LogP contribution in [0.15, 0.2) is 29.5 Å². The van der Waals surface area contributed by atoms with E-state index in [-0.39, 0.29) is 6.54 Å². The van der Waals surface area contributed by atoms with E-state index in [0.29, 0.717) is 0 Å². The summed E-state index contributed by atoms with van der Waals surface area (Å²) in [6.07, 6.45) is 4.45. The maximum absolute atomic E-state index is 9.92. The molecule has 5 nitrogen and oxygen atoms in total. The molecule has 0 aliphatic rings. The molecule has 0 saturated carbocycles. The number of nitro groups is 1. The van der Waals surface area contributed by atoms with Crippen LogP contribution >= 0.6 is 0 Å². The Morgan fingerprint density at radius 3 is 2.86 bits per heavy atom. The van der Waals surface area contributed by atoms with Gasteiger partial charge in [-0.25, -0.2) is 0 Å². The summed E-state index contributed by atoms with van der Waals surface area (Å²) in [5.74, 6) is 0. The highest BCUT2D eigenvalue weighted by Crippen LogP contribution is 1.98. The summed E-state index contributed by atoms with van der Waals surface area (Å²) >= 11 is 0. The van der Waals surface area contributed by atoms with E-state index >= 15 is 0 Å². The van der Waals surface area contributed by atoms with Gasteiger partial charge in [0.05, 0.1) is 6.21 Å². The van der Waals surface area contributed by atoms with Crippen molar-refractivity contribution in [1.82, 2.24) is 4.90 Å². The highest BCUT2D eigenvalue weighted by molar-refractivity contribution is 5.59. The van der Waals surface area contributed by atoms with Gasteiger partial charge in [0.25, 0.3) is 0 Å². The molecule has 0 aromatic rings. The van der Waals surface area contributed by atoms with Gasteiger partial charge in [0.15, 0.2) is 0 Å². The van der Waals surface area contributed by atoms with Crippen molar-refractivity contribution in [1.29, 1.82) is 0 Å². The molecule has 0 aromatic heterocycles. The smallest absolute Gasteiger partial charge is 0.238 e. The van der Waals surface area contributed by atoms with Crippen molar-refractivity contribution in [3.05, 3.63) is 34.7 Å². The predicted molar refractivity (Wildman–Crippen MR) is 56.9 cm³/mol. The van der Waals surface area contributed by atoms with Crippen LogP contribution in [-0.4, -0.2) is 36.2 Å². The molecule has 0 rings (SSSR count). The minimum absolute atomic E-state index is 0.250. The van der Waals surface area contributed by atoms with Crippen LogP contribution in [-0.2, 0) is 0 Å². The molecule has 0 aromatic carbocycles. The van der Waals surface area contributed by atoms with Crippen molar-refractivity contribution in [2.75, 3.05) is 20.1 Å². The Morgan fingerprint density at radius 2 is 2.36 bits per heavy atom. The summed E-state index contributed by atoms with van der Waals surface area (Å²) in [7, 11) is 1.91. The van der Waals surface area contributed by atoms with Gasteiger partial charge in [-0.15, -0.1) is 0 Å². The molecular weight excluding hydrogens is 182 g/mol. The second kappa shape index (κ2) is 6.82. The molecule has 14 heavy (non-hydrogen) atoms. The average molecular weight is 197 g/mol. The Labute approximate surface area is 83.6 Å². The standard InChI is InChI=1S/C9H15N3O2/c1-4-11(3)9(2)5-6-10-7-8-12(13)14/h5-7H,2,4,8H2,1,3H3/b6-5-,10-7?. The first-order chi connectivity index (χ1) is 6.57. The topological polar surface area (TPSA) is 58.7 Å². The summed E-state index contributed by atoms with van der Waals surface area (Å²) in [5.41, 5.74) is 0.825. The normalized spacial score (nSPS) is 11.0. The van der Waals surface area contributed by atoms with E-state index in [2.05, 4.69) is 11.6 Å². The Balaban J connectivity index is 3.88. The second-order valence-corrected chi connectivity index (χ2v) is 2.67. The number of rotatable bonds is 6. The van der Waals surface area contributed by atoms with Crippen LogP contribution in [0.3, 0.4) is 0 Å². The van der Waals surface area contributed by atoms with Crippen molar-refractivity contribution in [3.8, 4) is 0 Å². The Kier molecular flexibility index (Phi) is 6.02. The van der Waals surface area contributed by atoms with Crippen molar-refractivity contribution >= 4 is 6.21 Å². The van der Waals surface area contributed by atoms with Crippen LogP contribution in [0.1, 0.15) is 6.92 Å². The minimum atomic E-state index is -0.440.